The highest BCUT2D eigenvalue weighted by atomic mass is 19.1. The van der Waals surface area contributed by atoms with E-state index in [4.69, 9.17) is 4.42 Å². The van der Waals surface area contributed by atoms with Gasteiger partial charge in [-0.1, -0.05) is 24.3 Å². The fourth-order valence-electron chi connectivity index (χ4n) is 3.71. The molecule has 0 saturated heterocycles. The van der Waals surface area contributed by atoms with Gasteiger partial charge in [0.1, 0.15) is 17.4 Å². The van der Waals surface area contributed by atoms with Crippen LogP contribution in [-0.4, -0.2) is 29.8 Å². The molecule has 1 aromatic heterocycles. The van der Waals surface area contributed by atoms with E-state index in [0.717, 1.165) is 25.1 Å². The van der Waals surface area contributed by atoms with Crippen LogP contribution in [-0.2, 0) is 22.6 Å². The maximum Gasteiger partial charge on any atom is 0.313 e. The van der Waals surface area contributed by atoms with Gasteiger partial charge in [0.15, 0.2) is 0 Å². The average Bonchev–Trinajstić information content (AvgIpc) is 3.30. The predicted molar refractivity (Wildman–Crippen MR) is 110 cm³/mol. The van der Waals surface area contributed by atoms with E-state index in [1.165, 1.54) is 11.1 Å². The van der Waals surface area contributed by atoms with Crippen molar-refractivity contribution < 1.29 is 22.8 Å². The summed E-state index contributed by atoms with van der Waals surface area (Å²) in [5, 5.41) is 4.75. The second kappa shape index (κ2) is 9.09. The van der Waals surface area contributed by atoms with Crippen molar-refractivity contribution in [3.8, 4) is 0 Å². The molecule has 8 heteroatoms. The molecule has 0 radical (unpaired) electrons. The summed E-state index contributed by atoms with van der Waals surface area (Å²) >= 11 is 0. The molecule has 0 aliphatic carbocycles. The fraction of sp³-hybridized carbons (Fsp3) is 0.217. The van der Waals surface area contributed by atoms with E-state index < -0.39 is 23.4 Å². The van der Waals surface area contributed by atoms with Gasteiger partial charge in [-0.2, -0.15) is 0 Å². The van der Waals surface area contributed by atoms with E-state index in [1.807, 2.05) is 18.2 Å². The number of carbonyl (C=O) groups is 2. The van der Waals surface area contributed by atoms with E-state index in [2.05, 4.69) is 27.7 Å². The van der Waals surface area contributed by atoms with Crippen LogP contribution in [0.3, 0.4) is 0 Å². The van der Waals surface area contributed by atoms with Crippen LogP contribution in [0.25, 0.3) is 0 Å². The number of rotatable bonds is 5. The van der Waals surface area contributed by atoms with Gasteiger partial charge in [-0.3, -0.25) is 14.5 Å². The van der Waals surface area contributed by atoms with E-state index >= 15 is 0 Å². The Morgan fingerprint density at radius 1 is 1.03 bits per heavy atom. The Balaban J connectivity index is 1.42. The molecule has 2 heterocycles. The van der Waals surface area contributed by atoms with Crippen LogP contribution in [0.2, 0.25) is 0 Å². The standard InChI is InChI=1S/C23H21F2N3O3/c24-17-7-8-19(18(25)12-17)27-23(30)22(29)26-13-20(21-6-3-11-31-21)28-10-9-15-4-1-2-5-16(15)14-28/h1-8,11-12,20H,9-10,13-14H2,(H,26,29)(H,27,30)/t20-/m0/s1. The molecule has 160 valence electrons. The molecule has 1 aliphatic heterocycles. The number of furan rings is 1. The summed E-state index contributed by atoms with van der Waals surface area (Å²) in [6.07, 6.45) is 2.43. The third-order valence-corrected chi connectivity index (χ3v) is 5.31. The minimum atomic E-state index is -1.03. The highest BCUT2D eigenvalue weighted by Crippen LogP contribution is 2.28. The summed E-state index contributed by atoms with van der Waals surface area (Å²) in [7, 11) is 0. The Bertz CT molecular complexity index is 1090. The molecule has 1 atom stereocenters. The summed E-state index contributed by atoms with van der Waals surface area (Å²) in [5.74, 6) is -3.01. The van der Waals surface area contributed by atoms with Crippen LogP contribution >= 0.6 is 0 Å². The van der Waals surface area contributed by atoms with Crippen LogP contribution in [0.4, 0.5) is 14.5 Å². The molecule has 2 amide bonds. The lowest BCUT2D eigenvalue weighted by Gasteiger charge is -2.34. The zero-order valence-corrected chi connectivity index (χ0v) is 16.6. The molecule has 2 N–H and O–H groups in total. The topological polar surface area (TPSA) is 74.6 Å². The highest BCUT2D eigenvalue weighted by molar-refractivity contribution is 6.39. The second-order valence-corrected chi connectivity index (χ2v) is 7.31. The van der Waals surface area contributed by atoms with E-state index in [-0.39, 0.29) is 18.3 Å². The summed E-state index contributed by atoms with van der Waals surface area (Å²) in [6, 6.07) is 14.2. The van der Waals surface area contributed by atoms with Crippen LogP contribution in [0.5, 0.6) is 0 Å². The number of hydrogen-bond donors (Lipinski definition) is 2. The van der Waals surface area contributed by atoms with Gasteiger partial charge in [0.25, 0.3) is 0 Å². The van der Waals surface area contributed by atoms with Crippen molar-refractivity contribution in [1.82, 2.24) is 10.2 Å². The summed E-state index contributed by atoms with van der Waals surface area (Å²) in [4.78, 5) is 26.7. The van der Waals surface area contributed by atoms with Crippen LogP contribution < -0.4 is 10.6 Å². The van der Waals surface area contributed by atoms with Gasteiger partial charge in [0.2, 0.25) is 0 Å². The monoisotopic (exact) mass is 425 g/mol. The van der Waals surface area contributed by atoms with Gasteiger partial charge in [-0.25, -0.2) is 8.78 Å². The fourth-order valence-corrected chi connectivity index (χ4v) is 3.71. The third kappa shape index (κ3) is 4.80. The molecule has 0 spiro atoms. The lowest BCUT2D eigenvalue weighted by molar-refractivity contribution is -0.136. The number of carbonyl (C=O) groups excluding carboxylic acids is 2. The molecule has 6 nitrogen and oxygen atoms in total. The number of anilines is 1. The minimum Gasteiger partial charge on any atom is -0.468 e. The Kier molecular flexibility index (Phi) is 6.08. The molecule has 3 aromatic rings. The number of nitrogens with one attached hydrogen (secondary N) is 2. The number of amides is 2. The first-order chi connectivity index (χ1) is 15.0. The molecule has 4 rings (SSSR count). The highest BCUT2D eigenvalue weighted by Gasteiger charge is 2.28. The summed E-state index contributed by atoms with van der Waals surface area (Å²) in [5.41, 5.74) is 2.24. The van der Waals surface area contributed by atoms with Gasteiger partial charge < -0.3 is 15.1 Å². The maximum absolute atomic E-state index is 13.7. The lowest BCUT2D eigenvalue weighted by Crippen LogP contribution is -2.43. The van der Waals surface area contributed by atoms with Gasteiger partial charge in [-0.15, -0.1) is 0 Å². The zero-order valence-electron chi connectivity index (χ0n) is 16.6. The molecule has 1 aliphatic rings. The Labute approximate surface area is 177 Å². The van der Waals surface area contributed by atoms with Crippen molar-refractivity contribution in [2.24, 2.45) is 0 Å². The van der Waals surface area contributed by atoms with Crippen molar-refractivity contribution >= 4 is 17.5 Å². The van der Waals surface area contributed by atoms with Crippen molar-refractivity contribution in [3.05, 3.63) is 89.4 Å². The smallest absolute Gasteiger partial charge is 0.313 e. The maximum atomic E-state index is 13.7. The SMILES string of the molecule is O=C(NC[C@@H](c1ccco1)N1CCc2ccccc2C1)C(=O)Nc1ccc(F)cc1F. The molecule has 2 aromatic carbocycles. The number of nitrogens with zero attached hydrogens (tertiary/aromatic N) is 1. The molecule has 0 saturated carbocycles. The van der Waals surface area contributed by atoms with Crippen molar-refractivity contribution in [3.63, 3.8) is 0 Å². The minimum absolute atomic E-state index is 0.133. The molecular weight excluding hydrogens is 404 g/mol. The first kappa shape index (κ1) is 20.7. The Morgan fingerprint density at radius 2 is 1.84 bits per heavy atom. The molecule has 0 unspecified atom stereocenters. The van der Waals surface area contributed by atoms with Gasteiger partial charge >= 0.3 is 11.8 Å². The number of benzene rings is 2. The van der Waals surface area contributed by atoms with E-state index in [1.54, 1.807) is 12.3 Å². The third-order valence-electron chi connectivity index (χ3n) is 5.31. The first-order valence-electron chi connectivity index (χ1n) is 9.90. The van der Waals surface area contributed by atoms with Crippen molar-refractivity contribution in [2.75, 3.05) is 18.4 Å². The molecule has 31 heavy (non-hydrogen) atoms. The number of halogens is 2. The van der Waals surface area contributed by atoms with Crippen LogP contribution in [0.15, 0.2) is 65.3 Å². The van der Waals surface area contributed by atoms with E-state index in [0.29, 0.717) is 18.4 Å². The van der Waals surface area contributed by atoms with Crippen LogP contribution in [0, 0.1) is 11.6 Å². The lowest BCUT2D eigenvalue weighted by atomic mass is 9.98. The van der Waals surface area contributed by atoms with Gasteiger partial charge in [0.05, 0.1) is 18.0 Å². The molecule has 0 fully saturated rings. The molecule has 0 bridgehead atoms. The van der Waals surface area contributed by atoms with E-state index in [9.17, 15) is 18.4 Å². The second-order valence-electron chi connectivity index (χ2n) is 7.31. The largest absolute Gasteiger partial charge is 0.468 e. The Hall–Kier alpha value is -3.52. The zero-order chi connectivity index (χ0) is 21.8. The number of hydrogen-bond acceptors (Lipinski definition) is 4. The van der Waals surface area contributed by atoms with Crippen molar-refractivity contribution in [2.45, 2.75) is 19.0 Å². The van der Waals surface area contributed by atoms with Gasteiger partial charge in [-0.05, 0) is 41.8 Å². The predicted octanol–water partition coefficient (Wildman–Crippen LogP) is 3.41. The molecular formula is C23H21F2N3O3. The van der Waals surface area contributed by atoms with Gasteiger partial charge in [0, 0.05) is 25.7 Å². The van der Waals surface area contributed by atoms with Crippen molar-refractivity contribution in [1.29, 1.82) is 0 Å². The summed E-state index contributed by atoms with van der Waals surface area (Å²) in [6.45, 7) is 1.59. The average molecular weight is 425 g/mol. The number of fused-ring (bicyclic) bond motifs is 1. The normalized spacial score (nSPS) is 14.5. The Morgan fingerprint density at radius 3 is 2.58 bits per heavy atom. The van der Waals surface area contributed by atoms with Crippen LogP contribution in [0.1, 0.15) is 22.9 Å². The first-order valence-corrected chi connectivity index (χ1v) is 9.90. The quantitative estimate of drug-likeness (QED) is 0.615. The summed E-state index contributed by atoms with van der Waals surface area (Å²) < 4.78 is 32.3.